The molecule has 3 aromatic rings. The molecular weight excluding hydrogens is 376 g/mol. The highest BCUT2D eigenvalue weighted by Gasteiger charge is 2.23. The van der Waals surface area contributed by atoms with Crippen LogP contribution in [0.25, 0.3) is 10.2 Å². The fourth-order valence-electron chi connectivity index (χ4n) is 3.62. The number of aryl methyl sites for hydroxylation is 1. The minimum absolute atomic E-state index is 0.0240. The number of benzene rings is 1. The third-order valence-electron chi connectivity index (χ3n) is 5.20. The summed E-state index contributed by atoms with van der Waals surface area (Å²) in [4.78, 5) is 22.9. The molecule has 0 spiro atoms. The van der Waals surface area contributed by atoms with Crippen LogP contribution in [0.4, 0.5) is 0 Å². The van der Waals surface area contributed by atoms with Crippen LogP contribution in [0.5, 0.6) is 5.75 Å². The zero-order valence-electron chi connectivity index (χ0n) is 15.9. The Kier molecular flexibility index (Phi) is 5.28. The van der Waals surface area contributed by atoms with Gasteiger partial charge in [-0.2, -0.15) is 0 Å². The smallest absolute Gasteiger partial charge is 0.259 e. The van der Waals surface area contributed by atoms with E-state index in [9.17, 15) is 4.79 Å². The molecule has 0 amide bonds. The Morgan fingerprint density at radius 1 is 1.44 bits per heavy atom. The molecule has 0 saturated carbocycles. The van der Waals surface area contributed by atoms with Gasteiger partial charge in [0.15, 0.2) is 0 Å². The van der Waals surface area contributed by atoms with Crippen LogP contribution in [-0.4, -0.2) is 17.1 Å². The lowest BCUT2D eigenvalue weighted by Gasteiger charge is -2.17. The van der Waals surface area contributed by atoms with E-state index in [4.69, 9.17) is 9.72 Å². The highest BCUT2D eigenvalue weighted by molar-refractivity contribution is 7.98. The molecule has 0 fully saturated rings. The zero-order chi connectivity index (χ0) is 19.0. The lowest BCUT2D eigenvalue weighted by atomic mass is 9.89. The molecule has 27 heavy (non-hydrogen) atoms. The normalized spacial score (nSPS) is 17.7. The number of aromatic amines is 1. The van der Waals surface area contributed by atoms with Crippen LogP contribution >= 0.6 is 23.1 Å². The highest BCUT2D eigenvalue weighted by atomic mass is 32.2. The second kappa shape index (κ2) is 7.68. The molecule has 1 aromatic carbocycles. The molecule has 2 heterocycles. The molecule has 1 aliphatic carbocycles. The van der Waals surface area contributed by atoms with Gasteiger partial charge in [0.2, 0.25) is 0 Å². The summed E-state index contributed by atoms with van der Waals surface area (Å²) < 4.78 is 5.29. The molecule has 0 unspecified atom stereocenters. The van der Waals surface area contributed by atoms with Gasteiger partial charge in [-0.05, 0) is 55.4 Å². The van der Waals surface area contributed by atoms with E-state index in [1.165, 1.54) is 16.0 Å². The number of thioether (sulfide) groups is 1. The molecule has 1 aliphatic rings. The van der Waals surface area contributed by atoms with Crippen molar-refractivity contribution in [2.75, 3.05) is 7.11 Å². The summed E-state index contributed by atoms with van der Waals surface area (Å²) in [6.45, 7) is 4.39. The fourth-order valence-corrected chi connectivity index (χ4v) is 5.90. The van der Waals surface area contributed by atoms with Gasteiger partial charge in [0, 0.05) is 10.6 Å². The summed E-state index contributed by atoms with van der Waals surface area (Å²) in [5.41, 5.74) is 2.47. The summed E-state index contributed by atoms with van der Waals surface area (Å²) in [6, 6.07) is 8.09. The number of hydrogen-bond donors (Lipinski definition) is 1. The van der Waals surface area contributed by atoms with E-state index in [2.05, 4.69) is 24.9 Å². The van der Waals surface area contributed by atoms with Gasteiger partial charge in [-0.1, -0.05) is 19.1 Å². The first kappa shape index (κ1) is 18.6. The van der Waals surface area contributed by atoms with Crippen molar-refractivity contribution in [2.45, 2.75) is 44.1 Å². The molecule has 4 nitrogen and oxygen atoms in total. The number of H-pyrrole nitrogens is 1. The topological polar surface area (TPSA) is 55.0 Å². The first-order valence-corrected chi connectivity index (χ1v) is 11.2. The van der Waals surface area contributed by atoms with Crippen LogP contribution in [0.1, 0.15) is 47.3 Å². The van der Waals surface area contributed by atoms with Crippen molar-refractivity contribution in [1.29, 1.82) is 0 Å². The van der Waals surface area contributed by atoms with Crippen LogP contribution in [0.15, 0.2) is 29.1 Å². The molecule has 6 heteroatoms. The second-order valence-corrected chi connectivity index (χ2v) is 9.70. The van der Waals surface area contributed by atoms with Crippen molar-refractivity contribution in [1.82, 2.24) is 9.97 Å². The monoisotopic (exact) mass is 400 g/mol. The minimum Gasteiger partial charge on any atom is -0.497 e. The maximum absolute atomic E-state index is 12.8. The molecular formula is C21H24N2O2S2. The van der Waals surface area contributed by atoms with Crippen LogP contribution in [0.2, 0.25) is 0 Å². The van der Waals surface area contributed by atoms with Gasteiger partial charge >= 0.3 is 0 Å². The Labute approximate surface area is 167 Å². The number of aromatic nitrogens is 2. The molecule has 1 N–H and O–H groups in total. The van der Waals surface area contributed by atoms with Crippen molar-refractivity contribution in [3.8, 4) is 5.75 Å². The third kappa shape index (κ3) is 3.78. The van der Waals surface area contributed by atoms with Crippen molar-refractivity contribution in [3.63, 3.8) is 0 Å². The molecule has 2 atom stereocenters. The highest BCUT2D eigenvalue weighted by Crippen LogP contribution is 2.37. The summed E-state index contributed by atoms with van der Waals surface area (Å²) in [5.74, 6) is 3.18. The Balaban J connectivity index is 1.57. The third-order valence-corrected chi connectivity index (χ3v) is 7.57. The number of ether oxygens (including phenoxy) is 1. The van der Waals surface area contributed by atoms with E-state index in [-0.39, 0.29) is 10.8 Å². The van der Waals surface area contributed by atoms with Gasteiger partial charge in [0.1, 0.15) is 16.4 Å². The molecule has 0 radical (unpaired) electrons. The van der Waals surface area contributed by atoms with Crippen molar-refractivity contribution in [3.05, 3.63) is 56.4 Å². The molecule has 0 bridgehead atoms. The van der Waals surface area contributed by atoms with E-state index in [1.54, 1.807) is 30.2 Å². The van der Waals surface area contributed by atoms with Gasteiger partial charge in [0.05, 0.1) is 17.7 Å². The maximum atomic E-state index is 12.8. The van der Waals surface area contributed by atoms with Crippen molar-refractivity contribution >= 4 is 33.3 Å². The summed E-state index contributed by atoms with van der Waals surface area (Å²) in [5, 5.41) is 0.946. The van der Waals surface area contributed by atoms with Gasteiger partial charge in [-0.25, -0.2) is 4.98 Å². The Morgan fingerprint density at radius 2 is 2.30 bits per heavy atom. The number of rotatable bonds is 5. The summed E-state index contributed by atoms with van der Waals surface area (Å²) in [6.07, 6.45) is 3.23. The summed E-state index contributed by atoms with van der Waals surface area (Å²) in [7, 11) is 1.68. The zero-order valence-corrected chi connectivity index (χ0v) is 17.5. The number of methoxy groups -OCH3 is 1. The van der Waals surface area contributed by atoms with Crippen molar-refractivity contribution < 1.29 is 4.74 Å². The molecule has 142 valence electrons. The fraction of sp³-hybridized carbons (Fsp3) is 0.429. The maximum Gasteiger partial charge on any atom is 0.259 e. The Morgan fingerprint density at radius 3 is 3.11 bits per heavy atom. The van der Waals surface area contributed by atoms with E-state index in [0.29, 0.717) is 5.92 Å². The summed E-state index contributed by atoms with van der Waals surface area (Å²) >= 11 is 3.48. The average Bonchev–Trinajstić information content (AvgIpc) is 3.04. The Hall–Kier alpha value is -1.79. The minimum atomic E-state index is 0.0240. The first-order chi connectivity index (χ1) is 13.0. The molecule has 2 aromatic heterocycles. The standard InChI is InChI=1S/C21H24N2O2S2/c1-12-7-8-16-17(9-12)27-21-18(16)20(24)22-19(23-21)13(2)26-11-14-5-4-6-15(10-14)25-3/h4-6,10,12-13H,7-9,11H2,1-3H3,(H,22,23,24)/t12-,13-/m1/s1. The van der Waals surface area contributed by atoms with Gasteiger partial charge in [-0.3, -0.25) is 4.79 Å². The molecule has 4 rings (SSSR count). The quantitative estimate of drug-likeness (QED) is 0.646. The SMILES string of the molecule is COc1cccc(CS[C@H](C)c2nc3sc4c(c3c(=O)[nH]2)CC[C@@H](C)C4)c1. The predicted octanol–water partition coefficient (Wildman–Crippen LogP) is 5.11. The van der Waals surface area contributed by atoms with E-state index in [1.807, 2.05) is 18.2 Å². The van der Waals surface area contributed by atoms with Crippen LogP contribution < -0.4 is 10.3 Å². The van der Waals surface area contributed by atoms with Crippen molar-refractivity contribution in [2.24, 2.45) is 5.92 Å². The number of thiophene rings is 1. The number of nitrogens with zero attached hydrogens (tertiary/aromatic N) is 1. The van der Waals surface area contributed by atoms with E-state index >= 15 is 0 Å². The lowest BCUT2D eigenvalue weighted by Crippen LogP contribution is -2.15. The largest absolute Gasteiger partial charge is 0.497 e. The van der Waals surface area contributed by atoms with Crippen LogP contribution in [-0.2, 0) is 18.6 Å². The second-order valence-electron chi connectivity index (χ2n) is 7.29. The average molecular weight is 401 g/mol. The number of hydrogen-bond acceptors (Lipinski definition) is 5. The molecule has 0 aliphatic heterocycles. The number of fused-ring (bicyclic) bond motifs is 3. The first-order valence-electron chi connectivity index (χ1n) is 9.34. The van der Waals surface area contributed by atoms with Crippen LogP contribution in [0.3, 0.4) is 0 Å². The van der Waals surface area contributed by atoms with Crippen LogP contribution in [0, 0.1) is 5.92 Å². The van der Waals surface area contributed by atoms with E-state index in [0.717, 1.165) is 46.8 Å². The van der Waals surface area contributed by atoms with Gasteiger partial charge < -0.3 is 9.72 Å². The number of nitrogens with one attached hydrogen (secondary N) is 1. The lowest BCUT2D eigenvalue weighted by molar-refractivity contribution is 0.414. The molecule has 0 saturated heterocycles. The predicted molar refractivity (Wildman–Crippen MR) is 114 cm³/mol. The Bertz CT molecular complexity index is 1020. The van der Waals surface area contributed by atoms with Gasteiger partial charge in [0.25, 0.3) is 5.56 Å². The van der Waals surface area contributed by atoms with Gasteiger partial charge in [-0.15, -0.1) is 23.1 Å². The van der Waals surface area contributed by atoms with E-state index < -0.39 is 0 Å².